The van der Waals surface area contributed by atoms with Crippen LogP contribution in [0, 0.1) is 29.1 Å². The molecule has 1 aromatic rings. The van der Waals surface area contributed by atoms with Gasteiger partial charge in [-0.05, 0) is 69.1 Å². The summed E-state index contributed by atoms with van der Waals surface area (Å²) in [5, 5.41) is 18.8. The van der Waals surface area contributed by atoms with Crippen LogP contribution in [0.3, 0.4) is 0 Å². The van der Waals surface area contributed by atoms with Crippen molar-refractivity contribution in [2.75, 3.05) is 12.3 Å². The molecule has 156 valence electrons. The first-order chi connectivity index (χ1) is 14.2. The zero-order chi connectivity index (χ0) is 19.8. The maximum atomic E-state index is 13.4. The first kappa shape index (κ1) is 19.4. The number of fused-ring (bicyclic) bond motifs is 1. The molecule has 29 heavy (non-hydrogen) atoms. The SMILES string of the molecule is N#CCCN(C(=O)CSc1nnc2n1CCCCC2)C12CC3CC(CC(C3)C1)C2. The van der Waals surface area contributed by atoms with E-state index in [1.54, 1.807) is 11.8 Å². The van der Waals surface area contributed by atoms with Crippen molar-refractivity contribution in [3.63, 3.8) is 0 Å². The van der Waals surface area contributed by atoms with E-state index >= 15 is 0 Å². The molecule has 0 radical (unpaired) electrons. The van der Waals surface area contributed by atoms with E-state index in [1.165, 1.54) is 32.1 Å². The van der Waals surface area contributed by atoms with Gasteiger partial charge in [0.25, 0.3) is 0 Å². The number of aryl methyl sites for hydroxylation is 1. The third kappa shape index (κ3) is 3.69. The average Bonchev–Trinajstić information content (AvgIpc) is 2.91. The lowest BCUT2D eigenvalue weighted by molar-refractivity contribution is -0.147. The molecule has 1 aromatic heterocycles. The van der Waals surface area contributed by atoms with E-state index in [9.17, 15) is 10.1 Å². The Hall–Kier alpha value is -1.55. The first-order valence-electron chi connectivity index (χ1n) is 11.4. The maximum absolute atomic E-state index is 13.4. The number of carbonyl (C=O) groups excluding carboxylic acids is 1. The van der Waals surface area contributed by atoms with Crippen LogP contribution in [-0.2, 0) is 17.8 Å². The Morgan fingerprint density at radius 1 is 1.14 bits per heavy atom. The molecule has 0 unspecified atom stereocenters. The lowest BCUT2D eigenvalue weighted by Gasteiger charge is -2.60. The van der Waals surface area contributed by atoms with Crippen molar-refractivity contribution < 1.29 is 4.79 Å². The molecule has 6 nitrogen and oxygen atoms in total. The first-order valence-corrected chi connectivity index (χ1v) is 12.4. The molecular weight excluding hydrogens is 382 g/mol. The second kappa shape index (κ2) is 7.94. The van der Waals surface area contributed by atoms with Crippen LogP contribution in [0.4, 0.5) is 0 Å². The molecule has 0 spiro atoms. The summed E-state index contributed by atoms with van der Waals surface area (Å²) in [6, 6.07) is 2.28. The van der Waals surface area contributed by atoms with Gasteiger partial charge in [-0.1, -0.05) is 18.2 Å². The predicted molar refractivity (Wildman–Crippen MR) is 111 cm³/mol. The number of aromatic nitrogens is 3. The van der Waals surface area contributed by atoms with Crippen LogP contribution in [0.5, 0.6) is 0 Å². The highest BCUT2D eigenvalue weighted by atomic mass is 32.2. The fraction of sp³-hybridized carbons (Fsp3) is 0.818. The van der Waals surface area contributed by atoms with E-state index in [0.717, 1.165) is 67.4 Å². The summed E-state index contributed by atoms with van der Waals surface area (Å²) in [6.45, 7) is 1.55. The lowest BCUT2D eigenvalue weighted by atomic mass is 9.52. The second-order valence-corrected chi connectivity index (χ2v) is 10.7. The van der Waals surface area contributed by atoms with Gasteiger partial charge in [-0.15, -0.1) is 10.2 Å². The lowest BCUT2D eigenvalue weighted by Crippen LogP contribution is -2.62. The highest BCUT2D eigenvalue weighted by Gasteiger charge is 2.54. The quantitative estimate of drug-likeness (QED) is 0.663. The zero-order valence-electron chi connectivity index (χ0n) is 17.2. The smallest absolute Gasteiger partial charge is 0.233 e. The zero-order valence-corrected chi connectivity index (χ0v) is 18.0. The second-order valence-electron chi connectivity index (χ2n) is 9.75. The highest BCUT2D eigenvalue weighted by molar-refractivity contribution is 7.99. The molecule has 4 saturated carbocycles. The minimum Gasteiger partial charge on any atom is -0.335 e. The van der Waals surface area contributed by atoms with E-state index in [-0.39, 0.29) is 11.4 Å². The van der Waals surface area contributed by atoms with E-state index in [2.05, 4.69) is 25.7 Å². The average molecular weight is 414 g/mol. The van der Waals surface area contributed by atoms with Crippen molar-refractivity contribution in [3.05, 3.63) is 5.82 Å². The van der Waals surface area contributed by atoms with Crippen molar-refractivity contribution in [3.8, 4) is 6.07 Å². The third-order valence-corrected chi connectivity index (χ3v) is 8.68. The Bertz CT molecular complexity index is 777. The standard InChI is InChI=1S/C22H31N5OS/c23-6-4-8-27(22-12-16-9-17(13-22)11-18(10-16)14-22)20(28)15-29-21-25-24-19-5-2-1-3-7-26(19)21/h16-18H,1-5,7-15H2. The number of hydrogen-bond acceptors (Lipinski definition) is 5. The summed E-state index contributed by atoms with van der Waals surface area (Å²) in [5.74, 6) is 4.04. The van der Waals surface area contributed by atoms with Gasteiger partial charge in [0.15, 0.2) is 5.16 Å². The summed E-state index contributed by atoms with van der Waals surface area (Å²) < 4.78 is 2.22. The van der Waals surface area contributed by atoms with Crippen molar-refractivity contribution in [2.45, 2.75) is 87.9 Å². The van der Waals surface area contributed by atoms with Gasteiger partial charge in [0, 0.05) is 25.0 Å². The molecular formula is C22H31N5OS. The minimum absolute atomic E-state index is 0.0188. The normalized spacial score (nSPS) is 32.4. The van der Waals surface area contributed by atoms with E-state index in [0.29, 0.717) is 18.7 Å². The molecule has 0 aromatic carbocycles. The minimum atomic E-state index is 0.0188. The van der Waals surface area contributed by atoms with Crippen LogP contribution < -0.4 is 0 Å². The van der Waals surface area contributed by atoms with Gasteiger partial charge in [-0.3, -0.25) is 4.79 Å². The molecule has 2 heterocycles. The Labute approximate surface area is 177 Å². The number of nitriles is 1. The number of thioether (sulfide) groups is 1. The number of rotatable bonds is 6. The third-order valence-electron chi connectivity index (χ3n) is 7.73. The van der Waals surface area contributed by atoms with E-state index < -0.39 is 0 Å². The van der Waals surface area contributed by atoms with Crippen molar-refractivity contribution in [1.29, 1.82) is 5.26 Å². The number of nitrogens with zero attached hydrogens (tertiary/aromatic N) is 5. The molecule has 0 atom stereocenters. The molecule has 4 bridgehead atoms. The van der Waals surface area contributed by atoms with E-state index in [4.69, 9.17) is 0 Å². The van der Waals surface area contributed by atoms with Gasteiger partial charge in [0.1, 0.15) is 5.82 Å². The fourth-order valence-corrected chi connectivity index (χ4v) is 7.81. The number of hydrogen-bond donors (Lipinski definition) is 0. The summed E-state index contributed by atoms with van der Waals surface area (Å²) >= 11 is 1.54. The highest BCUT2D eigenvalue weighted by Crippen LogP contribution is 2.57. The van der Waals surface area contributed by atoms with Crippen molar-refractivity contribution in [1.82, 2.24) is 19.7 Å². The van der Waals surface area contributed by atoms with E-state index in [1.807, 2.05) is 0 Å². The van der Waals surface area contributed by atoms with Crippen molar-refractivity contribution >= 4 is 17.7 Å². The molecule has 4 aliphatic carbocycles. The monoisotopic (exact) mass is 413 g/mol. The molecule has 0 N–H and O–H groups in total. The van der Waals surface area contributed by atoms with Gasteiger partial charge < -0.3 is 9.47 Å². The van der Waals surface area contributed by atoms with Crippen LogP contribution in [0.15, 0.2) is 5.16 Å². The van der Waals surface area contributed by atoms with Crippen LogP contribution >= 0.6 is 11.8 Å². The van der Waals surface area contributed by atoms with Gasteiger partial charge in [-0.2, -0.15) is 5.26 Å². The Morgan fingerprint density at radius 3 is 2.55 bits per heavy atom. The Morgan fingerprint density at radius 2 is 1.86 bits per heavy atom. The summed E-state index contributed by atoms with van der Waals surface area (Å²) in [7, 11) is 0. The van der Waals surface area contributed by atoms with Crippen LogP contribution in [-0.4, -0.2) is 43.4 Å². The fourth-order valence-electron chi connectivity index (χ4n) is 6.95. The Kier molecular flexibility index (Phi) is 5.32. The van der Waals surface area contributed by atoms with Gasteiger partial charge in [-0.25, -0.2) is 0 Å². The Balaban J connectivity index is 1.31. The summed E-state index contributed by atoms with van der Waals surface area (Å²) in [6.07, 6.45) is 12.5. The number of carbonyl (C=O) groups is 1. The molecule has 7 heteroatoms. The van der Waals surface area contributed by atoms with Crippen LogP contribution in [0.1, 0.15) is 70.0 Å². The van der Waals surface area contributed by atoms with Crippen molar-refractivity contribution in [2.24, 2.45) is 17.8 Å². The molecule has 1 aliphatic heterocycles. The van der Waals surface area contributed by atoms with Crippen LogP contribution in [0.2, 0.25) is 0 Å². The van der Waals surface area contributed by atoms with Gasteiger partial charge in [0.05, 0.1) is 18.2 Å². The molecule has 0 saturated heterocycles. The predicted octanol–water partition coefficient (Wildman–Crippen LogP) is 3.81. The maximum Gasteiger partial charge on any atom is 0.233 e. The van der Waals surface area contributed by atoms with Gasteiger partial charge in [0.2, 0.25) is 5.91 Å². The molecule has 4 fully saturated rings. The molecule has 1 amide bonds. The molecule has 6 rings (SSSR count). The molecule has 5 aliphatic rings. The van der Waals surface area contributed by atoms with Gasteiger partial charge >= 0.3 is 0 Å². The topological polar surface area (TPSA) is 74.8 Å². The summed E-state index contributed by atoms with van der Waals surface area (Å²) in [5.41, 5.74) is 0.0188. The largest absolute Gasteiger partial charge is 0.335 e. The number of amides is 1. The van der Waals surface area contributed by atoms with Crippen LogP contribution in [0.25, 0.3) is 0 Å². The summed E-state index contributed by atoms with van der Waals surface area (Å²) in [4.78, 5) is 15.6.